The van der Waals surface area contributed by atoms with Gasteiger partial charge >= 0.3 is 5.97 Å². The molecule has 4 nitrogen and oxygen atoms in total. The van der Waals surface area contributed by atoms with Gasteiger partial charge in [0.05, 0.1) is 0 Å². The number of hydrogen-bond donors (Lipinski definition) is 1. The van der Waals surface area contributed by atoms with E-state index >= 15 is 0 Å². The van der Waals surface area contributed by atoms with Gasteiger partial charge in [-0.15, -0.1) is 0 Å². The summed E-state index contributed by atoms with van der Waals surface area (Å²) < 4.78 is 0. The molecule has 0 heterocycles. The van der Waals surface area contributed by atoms with E-state index < -0.39 is 11.9 Å². The lowest BCUT2D eigenvalue weighted by Gasteiger charge is -1.97. The number of hydroxylamine groups is 1. The zero-order chi connectivity index (χ0) is 7.98. The van der Waals surface area contributed by atoms with Gasteiger partial charge in [-0.25, -0.2) is 4.79 Å². The Bertz CT molecular complexity index is 162. The molecule has 1 amide bonds. The standard InChI is InChI=1S/C6H9NO3/c1-3-4-6(9)10-7-5(2)8/h3-4H,1-2H3,(H,7,8). The van der Waals surface area contributed by atoms with E-state index in [0.717, 1.165) is 0 Å². The van der Waals surface area contributed by atoms with E-state index in [1.165, 1.54) is 19.1 Å². The third-order valence-corrected chi connectivity index (χ3v) is 0.598. The van der Waals surface area contributed by atoms with Crippen LogP contribution in [0.3, 0.4) is 0 Å². The average Bonchev–Trinajstić information content (AvgIpc) is 1.85. The Morgan fingerprint density at radius 2 is 2.10 bits per heavy atom. The van der Waals surface area contributed by atoms with Crippen LogP contribution in [0.2, 0.25) is 0 Å². The normalized spacial score (nSPS) is 9.40. The fourth-order valence-electron chi connectivity index (χ4n) is 0.292. The molecule has 0 saturated carbocycles. The first kappa shape index (κ1) is 8.68. The molecular formula is C6H9NO3. The Morgan fingerprint density at radius 3 is 2.50 bits per heavy atom. The van der Waals surface area contributed by atoms with Crippen molar-refractivity contribution < 1.29 is 14.4 Å². The molecule has 10 heavy (non-hydrogen) atoms. The summed E-state index contributed by atoms with van der Waals surface area (Å²) in [5.74, 6) is -0.990. The Morgan fingerprint density at radius 1 is 1.50 bits per heavy atom. The van der Waals surface area contributed by atoms with Gasteiger partial charge in [0, 0.05) is 13.0 Å². The van der Waals surface area contributed by atoms with Gasteiger partial charge < -0.3 is 4.84 Å². The molecule has 0 aliphatic heterocycles. The fraction of sp³-hybridized carbons (Fsp3) is 0.333. The number of hydrogen-bond acceptors (Lipinski definition) is 3. The van der Waals surface area contributed by atoms with E-state index in [9.17, 15) is 9.59 Å². The molecule has 0 aliphatic rings. The molecule has 0 aliphatic carbocycles. The molecule has 56 valence electrons. The molecule has 0 aromatic heterocycles. The number of rotatable bonds is 1. The van der Waals surface area contributed by atoms with Gasteiger partial charge in [-0.1, -0.05) is 6.08 Å². The van der Waals surface area contributed by atoms with Gasteiger partial charge in [0.25, 0.3) is 0 Å². The van der Waals surface area contributed by atoms with E-state index in [0.29, 0.717) is 0 Å². The summed E-state index contributed by atoms with van der Waals surface area (Å²) in [6, 6.07) is 0. The molecule has 0 saturated heterocycles. The summed E-state index contributed by atoms with van der Waals surface area (Å²) in [6.45, 7) is 2.93. The maximum absolute atomic E-state index is 10.4. The number of carbonyl (C=O) groups excluding carboxylic acids is 2. The molecule has 1 N–H and O–H groups in total. The molecular weight excluding hydrogens is 134 g/mol. The number of amides is 1. The van der Waals surface area contributed by atoms with Crippen LogP contribution in [0.1, 0.15) is 13.8 Å². The summed E-state index contributed by atoms with van der Waals surface area (Å²) in [4.78, 5) is 24.8. The minimum absolute atomic E-state index is 0.405. The van der Waals surface area contributed by atoms with E-state index in [-0.39, 0.29) is 0 Å². The van der Waals surface area contributed by atoms with Crippen molar-refractivity contribution in [2.45, 2.75) is 13.8 Å². The zero-order valence-electron chi connectivity index (χ0n) is 5.88. The van der Waals surface area contributed by atoms with E-state index in [1.54, 1.807) is 6.92 Å². The van der Waals surface area contributed by atoms with E-state index in [2.05, 4.69) is 4.84 Å². The fourth-order valence-corrected chi connectivity index (χ4v) is 0.292. The summed E-state index contributed by atoms with van der Waals surface area (Å²) in [7, 11) is 0. The molecule has 0 unspecified atom stereocenters. The summed E-state index contributed by atoms with van der Waals surface area (Å²) in [5, 5.41) is 0. The first-order chi connectivity index (χ1) is 4.66. The van der Waals surface area contributed by atoms with Crippen LogP contribution in [-0.4, -0.2) is 11.9 Å². The van der Waals surface area contributed by atoms with Crippen molar-refractivity contribution in [1.82, 2.24) is 5.48 Å². The summed E-state index contributed by atoms with van der Waals surface area (Å²) in [6.07, 6.45) is 2.72. The molecule has 0 fully saturated rings. The third kappa shape index (κ3) is 4.83. The van der Waals surface area contributed by atoms with Crippen LogP contribution in [0.4, 0.5) is 0 Å². The molecule has 0 spiro atoms. The van der Waals surface area contributed by atoms with Crippen LogP contribution in [0.5, 0.6) is 0 Å². The Hall–Kier alpha value is -1.32. The lowest BCUT2D eigenvalue weighted by atomic mass is 10.5. The lowest BCUT2D eigenvalue weighted by Crippen LogP contribution is -2.23. The highest BCUT2D eigenvalue weighted by Crippen LogP contribution is 1.76. The van der Waals surface area contributed by atoms with Crippen LogP contribution >= 0.6 is 0 Å². The van der Waals surface area contributed by atoms with Crippen LogP contribution in [0.15, 0.2) is 12.2 Å². The maximum atomic E-state index is 10.4. The van der Waals surface area contributed by atoms with Gasteiger partial charge in [0.15, 0.2) is 0 Å². The van der Waals surface area contributed by atoms with Crippen molar-refractivity contribution in [3.63, 3.8) is 0 Å². The summed E-state index contributed by atoms with van der Waals surface area (Å²) in [5.41, 5.74) is 1.89. The van der Waals surface area contributed by atoms with Crippen molar-refractivity contribution in [2.24, 2.45) is 0 Å². The van der Waals surface area contributed by atoms with Crippen molar-refractivity contribution in [2.75, 3.05) is 0 Å². The minimum Gasteiger partial charge on any atom is -0.336 e. The topological polar surface area (TPSA) is 55.4 Å². The predicted molar refractivity (Wildman–Crippen MR) is 34.7 cm³/mol. The average molecular weight is 143 g/mol. The molecule has 0 atom stereocenters. The first-order valence-electron chi connectivity index (χ1n) is 2.77. The minimum atomic E-state index is -0.585. The molecule has 0 bridgehead atoms. The third-order valence-electron chi connectivity index (χ3n) is 0.598. The predicted octanol–water partition coefficient (Wildman–Crippen LogP) is 0.157. The number of carbonyl (C=O) groups is 2. The van der Waals surface area contributed by atoms with Crippen molar-refractivity contribution in [1.29, 1.82) is 0 Å². The number of allylic oxidation sites excluding steroid dienone is 1. The molecule has 0 aromatic rings. The van der Waals surface area contributed by atoms with Gasteiger partial charge in [-0.3, -0.25) is 4.79 Å². The van der Waals surface area contributed by atoms with Gasteiger partial charge in [-0.05, 0) is 6.92 Å². The SMILES string of the molecule is CC=CC(=O)ONC(C)=O. The Balaban J connectivity index is 3.50. The van der Waals surface area contributed by atoms with Crippen molar-refractivity contribution in [3.8, 4) is 0 Å². The van der Waals surface area contributed by atoms with Crippen LogP contribution in [0, 0.1) is 0 Å². The van der Waals surface area contributed by atoms with Gasteiger partial charge in [0.1, 0.15) is 0 Å². The van der Waals surface area contributed by atoms with Crippen molar-refractivity contribution in [3.05, 3.63) is 12.2 Å². The van der Waals surface area contributed by atoms with Crippen LogP contribution in [-0.2, 0) is 14.4 Å². The lowest BCUT2D eigenvalue weighted by molar-refractivity contribution is -0.152. The monoisotopic (exact) mass is 143 g/mol. The van der Waals surface area contributed by atoms with Crippen molar-refractivity contribution >= 4 is 11.9 Å². The second kappa shape index (κ2) is 4.55. The maximum Gasteiger partial charge on any atom is 0.355 e. The number of nitrogens with one attached hydrogen (secondary N) is 1. The summed E-state index contributed by atoms with van der Waals surface area (Å²) >= 11 is 0. The highest BCUT2D eigenvalue weighted by atomic mass is 16.7. The molecule has 0 aromatic carbocycles. The highest BCUT2D eigenvalue weighted by Gasteiger charge is 1.95. The molecule has 0 radical (unpaired) electrons. The van der Waals surface area contributed by atoms with Crippen LogP contribution in [0.25, 0.3) is 0 Å². The highest BCUT2D eigenvalue weighted by molar-refractivity contribution is 5.83. The first-order valence-corrected chi connectivity index (χ1v) is 2.77. The van der Waals surface area contributed by atoms with Gasteiger partial charge in [-0.2, -0.15) is 5.48 Å². The quantitative estimate of drug-likeness (QED) is 0.420. The second-order valence-corrected chi connectivity index (χ2v) is 1.58. The van der Waals surface area contributed by atoms with Gasteiger partial charge in [0.2, 0.25) is 5.91 Å². The Kier molecular flexibility index (Phi) is 3.95. The van der Waals surface area contributed by atoms with E-state index in [4.69, 9.17) is 0 Å². The van der Waals surface area contributed by atoms with E-state index in [1.807, 2.05) is 5.48 Å². The molecule has 4 heteroatoms. The largest absolute Gasteiger partial charge is 0.355 e. The Labute approximate surface area is 58.8 Å². The molecule has 0 rings (SSSR count). The zero-order valence-corrected chi connectivity index (χ0v) is 5.88. The smallest absolute Gasteiger partial charge is 0.336 e. The second-order valence-electron chi connectivity index (χ2n) is 1.58. The van der Waals surface area contributed by atoms with Crippen LogP contribution < -0.4 is 5.48 Å².